The van der Waals surface area contributed by atoms with Crippen molar-refractivity contribution in [2.24, 2.45) is 7.05 Å². The van der Waals surface area contributed by atoms with Crippen molar-refractivity contribution in [1.82, 2.24) is 0 Å². The number of benzene rings is 3. The fourth-order valence-electron chi connectivity index (χ4n) is 5.10. The summed E-state index contributed by atoms with van der Waals surface area (Å²) in [7, 11) is 0.315. The average Bonchev–Trinajstić information content (AvgIpc) is 3.17. The SMILES string of the molecule is [C-]#[N+]c1ccc2c(c1)oc1c(-c3cc([Si](C)(C)C(C)(C)C)c4ccccc4[n+]3C)c(C)c(C)cc12. The van der Waals surface area contributed by atoms with Crippen molar-refractivity contribution in [3.63, 3.8) is 0 Å². The van der Waals surface area contributed by atoms with Gasteiger partial charge in [0.1, 0.15) is 18.2 Å². The predicted molar refractivity (Wildman–Crippen MR) is 150 cm³/mol. The molecule has 0 amide bonds. The first-order chi connectivity index (χ1) is 16.5. The second-order valence-electron chi connectivity index (χ2n) is 11.4. The van der Waals surface area contributed by atoms with Gasteiger partial charge in [-0.25, -0.2) is 4.85 Å². The van der Waals surface area contributed by atoms with E-state index in [-0.39, 0.29) is 5.04 Å². The molecule has 2 aromatic heterocycles. The zero-order chi connectivity index (χ0) is 25.3. The van der Waals surface area contributed by atoms with E-state index in [9.17, 15) is 0 Å². The predicted octanol–water partition coefficient (Wildman–Crippen LogP) is 8.11. The van der Waals surface area contributed by atoms with E-state index in [4.69, 9.17) is 11.0 Å². The number of pyridine rings is 1. The quantitative estimate of drug-likeness (QED) is 0.143. The molecule has 0 saturated heterocycles. The number of rotatable bonds is 2. The Hall–Kier alpha value is -3.42. The van der Waals surface area contributed by atoms with Gasteiger partial charge < -0.3 is 4.42 Å². The van der Waals surface area contributed by atoms with Crippen LogP contribution in [0, 0.1) is 20.4 Å². The highest BCUT2D eigenvalue weighted by atomic mass is 28.3. The van der Waals surface area contributed by atoms with Crippen molar-refractivity contribution < 1.29 is 8.98 Å². The van der Waals surface area contributed by atoms with E-state index in [1.807, 2.05) is 18.2 Å². The zero-order valence-electron chi connectivity index (χ0n) is 22.0. The van der Waals surface area contributed by atoms with Crippen molar-refractivity contribution in [3.8, 4) is 11.3 Å². The maximum atomic E-state index is 7.42. The highest BCUT2D eigenvalue weighted by Gasteiger charge is 2.40. The second kappa shape index (κ2) is 7.80. The maximum Gasteiger partial charge on any atom is 0.216 e. The van der Waals surface area contributed by atoms with Crippen molar-refractivity contribution in [2.45, 2.75) is 52.8 Å². The number of hydrogen-bond donors (Lipinski definition) is 0. The summed E-state index contributed by atoms with van der Waals surface area (Å²) >= 11 is 0. The monoisotopic (exact) mass is 477 g/mol. The first-order valence-electron chi connectivity index (χ1n) is 12.2. The minimum absolute atomic E-state index is 0.208. The Morgan fingerprint density at radius 3 is 2.31 bits per heavy atom. The van der Waals surface area contributed by atoms with Crippen molar-refractivity contribution in [3.05, 3.63) is 77.1 Å². The Morgan fingerprint density at radius 2 is 1.63 bits per heavy atom. The van der Waals surface area contributed by atoms with Crippen LogP contribution in [0.15, 0.2) is 59.0 Å². The fourth-order valence-corrected chi connectivity index (χ4v) is 7.29. The molecule has 0 saturated carbocycles. The molecule has 0 aliphatic rings. The Morgan fingerprint density at radius 1 is 0.914 bits per heavy atom. The van der Waals surface area contributed by atoms with E-state index in [1.54, 1.807) is 0 Å². The number of nitrogens with zero attached hydrogens (tertiary/aromatic N) is 2. The van der Waals surface area contributed by atoms with Gasteiger partial charge in [-0.05, 0) is 53.4 Å². The van der Waals surface area contributed by atoms with Crippen LogP contribution in [0.3, 0.4) is 0 Å². The van der Waals surface area contributed by atoms with Crippen molar-refractivity contribution in [1.29, 1.82) is 0 Å². The Labute approximate surface area is 208 Å². The largest absolute Gasteiger partial charge is 0.456 e. The van der Waals surface area contributed by atoms with Gasteiger partial charge in [0.25, 0.3) is 0 Å². The average molecular weight is 478 g/mol. The molecule has 35 heavy (non-hydrogen) atoms. The molecule has 4 heteroatoms. The van der Waals surface area contributed by atoms with Crippen LogP contribution in [0.4, 0.5) is 5.69 Å². The molecule has 3 nitrogen and oxygen atoms in total. The smallest absolute Gasteiger partial charge is 0.216 e. The molecule has 3 aromatic carbocycles. The number of aryl methyl sites for hydroxylation is 2. The van der Waals surface area contributed by atoms with E-state index >= 15 is 0 Å². The van der Waals surface area contributed by atoms with Gasteiger partial charge in [-0.2, -0.15) is 4.57 Å². The van der Waals surface area contributed by atoms with Crippen LogP contribution in [-0.4, -0.2) is 8.07 Å². The van der Waals surface area contributed by atoms with E-state index in [1.165, 1.54) is 32.9 Å². The van der Waals surface area contributed by atoms with Gasteiger partial charge >= 0.3 is 0 Å². The molecule has 0 aliphatic heterocycles. The van der Waals surface area contributed by atoms with E-state index in [0.717, 1.165) is 27.5 Å². The lowest BCUT2D eigenvalue weighted by Gasteiger charge is -2.38. The molecule has 0 N–H and O–H groups in total. The molecule has 0 spiro atoms. The highest BCUT2D eigenvalue weighted by Crippen LogP contribution is 2.41. The molecule has 0 radical (unpaired) electrons. The summed E-state index contributed by atoms with van der Waals surface area (Å²) in [6.45, 7) is 23.9. The van der Waals surface area contributed by atoms with E-state index in [0.29, 0.717) is 5.69 Å². The zero-order valence-corrected chi connectivity index (χ0v) is 23.0. The van der Waals surface area contributed by atoms with Crippen LogP contribution in [0.2, 0.25) is 18.1 Å². The third-order valence-corrected chi connectivity index (χ3v) is 13.9. The highest BCUT2D eigenvalue weighted by molar-refractivity contribution is 6.93. The van der Waals surface area contributed by atoms with Gasteiger partial charge in [-0.1, -0.05) is 58.1 Å². The van der Waals surface area contributed by atoms with Crippen molar-refractivity contribution >= 4 is 51.8 Å². The molecule has 176 valence electrons. The van der Waals surface area contributed by atoms with Gasteiger partial charge in [0.2, 0.25) is 11.2 Å². The third kappa shape index (κ3) is 3.41. The van der Waals surface area contributed by atoms with Crippen LogP contribution in [0.25, 0.3) is 48.9 Å². The molecular formula is C31H33N2OSi+. The van der Waals surface area contributed by atoms with Crippen LogP contribution < -0.4 is 9.75 Å². The Balaban J connectivity index is 1.95. The van der Waals surface area contributed by atoms with E-state index < -0.39 is 8.07 Å². The lowest BCUT2D eigenvalue weighted by Crippen LogP contribution is -2.51. The van der Waals surface area contributed by atoms with Crippen LogP contribution in [0.1, 0.15) is 31.9 Å². The molecule has 2 heterocycles. The molecule has 0 unspecified atom stereocenters. The number of aromatic nitrogens is 1. The van der Waals surface area contributed by atoms with Gasteiger partial charge in [-0.3, -0.25) is 0 Å². The standard InChI is InChI=1S/C31H33N2OSi/c1-19-16-24-22-15-14-21(32-6)17-27(22)34-30(24)29(20(19)2)26-18-28(35(8,9)31(3,4)5)23-12-10-11-13-25(23)33(26)7/h10-18H,1-5,7-9H3/q+1. The normalized spacial score (nSPS) is 12.5. The molecule has 0 aliphatic carbocycles. The van der Waals surface area contributed by atoms with Crippen LogP contribution in [-0.2, 0) is 7.05 Å². The van der Waals surface area contributed by atoms with Gasteiger partial charge in [0.15, 0.2) is 5.69 Å². The third-order valence-electron chi connectivity index (χ3n) is 8.40. The summed E-state index contributed by atoms with van der Waals surface area (Å²) < 4.78 is 8.86. The van der Waals surface area contributed by atoms with E-state index in [2.05, 4.69) is 101 Å². The number of fused-ring (bicyclic) bond motifs is 4. The summed E-state index contributed by atoms with van der Waals surface area (Å²) in [6.07, 6.45) is 0. The second-order valence-corrected chi connectivity index (χ2v) is 16.6. The first-order valence-corrected chi connectivity index (χ1v) is 15.2. The minimum Gasteiger partial charge on any atom is -0.456 e. The maximum absolute atomic E-state index is 7.42. The molecule has 0 bridgehead atoms. The lowest BCUT2D eigenvalue weighted by atomic mass is 9.96. The number of furan rings is 1. The lowest BCUT2D eigenvalue weighted by molar-refractivity contribution is -0.633. The van der Waals surface area contributed by atoms with Crippen LogP contribution in [0.5, 0.6) is 0 Å². The molecular weight excluding hydrogens is 444 g/mol. The number of para-hydroxylation sites is 1. The van der Waals surface area contributed by atoms with Crippen LogP contribution >= 0.6 is 0 Å². The van der Waals surface area contributed by atoms with Gasteiger partial charge in [-0.15, -0.1) is 0 Å². The first kappa shape index (κ1) is 23.3. The Kier molecular flexibility index (Phi) is 5.20. The molecule has 0 atom stereocenters. The minimum atomic E-state index is -1.85. The summed E-state index contributed by atoms with van der Waals surface area (Å²) in [5, 5.41) is 5.20. The molecule has 5 aromatic rings. The van der Waals surface area contributed by atoms with Crippen molar-refractivity contribution in [2.75, 3.05) is 0 Å². The van der Waals surface area contributed by atoms with Gasteiger partial charge in [0, 0.05) is 28.3 Å². The summed E-state index contributed by atoms with van der Waals surface area (Å²) in [5.74, 6) is 0. The molecule has 5 rings (SSSR count). The topological polar surface area (TPSA) is 21.4 Å². The fraction of sp³-hybridized carbons (Fsp3) is 0.290. The summed E-state index contributed by atoms with van der Waals surface area (Å²) in [6, 6.07) is 19.2. The summed E-state index contributed by atoms with van der Waals surface area (Å²) in [4.78, 5) is 3.61. The van der Waals surface area contributed by atoms with Gasteiger partial charge in [0.05, 0.1) is 20.2 Å². The molecule has 0 fully saturated rings. The summed E-state index contributed by atoms with van der Waals surface area (Å²) in [5.41, 5.74) is 8.31. The Bertz CT molecular complexity index is 1690. The number of hydrogen-bond acceptors (Lipinski definition) is 1.